The average Bonchev–Trinajstić information content (AvgIpc) is 2.68. The molecule has 4 heteroatoms. The predicted octanol–water partition coefficient (Wildman–Crippen LogP) is 1.62. The van der Waals surface area contributed by atoms with Gasteiger partial charge in [-0.05, 0) is 32.8 Å². The van der Waals surface area contributed by atoms with Crippen LogP contribution < -0.4 is 5.73 Å². The zero-order chi connectivity index (χ0) is 11.9. The SMILES string of the molecule is Cn1cc(N)cc1C(=O)N1CCCC1(C)C. The van der Waals surface area contributed by atoms with Crippen molar-refractivity contribution in [1.82, 2.24) is 9.47 Å². The molecule has 1 amide bonds. The number of nitrogens with two attached hydrogens (primary N) is 1. The van der Waals surface area contributed by atoms with Gasteiger partial charge in [0.15, 0.2) is 0 Å². The molecule has 0 aliphatic carbocycles. The number of nitrogen functional groups attached to an aromatic ring is 1. The highest BCUT2D eigenvalue weighted by Crippen LogP contribution is 2.30. The van der Waals surface area contributed by atoms with Crippen molar-refractivity contribution in [3.63, 3.8) is 0 Å². The number of anilines is 1. The van der Waals surface area contributed by atoms with Gasteiger partial charge in [0.05, 0.1) is 5.69 Å². The van der Waals surface area contributed by atoms with Crippen LogP contribution in [0.25, 0.3) is 0 Å². The molecule has 1 aromatic heterocycles. The van der Waals surface area contributed by atoms with Crippen LogP contribution in [-0.4, -0.2) is 27.5 Å². The van der Waals surface area contributed by atoms with Gasteiger partial charge >= 0.3 is 0 Å². The van der Waals surface area contributed by atoms with Gasteiger partial charge in [0.1, 0.15) is 5.69 Å². The van der Waals surface area contributed by atoms with E-state index in [0.29, 0.717) is 11.4 Å². The first-order valence-electron chi connectivity index (χ1n) is 5.65. The molecular weight excluding hydrogens is 202 g/mol. The van der Waals surface area contributed by atoms with E-state index in [1.807, 2.05) is 11.9 Å². The molecule has 0 atom stereocenters. The molecule has 2 heterocycles. The number of likely N-dealkylation sites (tertiary alicyclic amines) is 1. The standard InChI is InChI=1S/C12H19N3O/c1-12(2)5-4-6-15(12)11(16)10-7-9(13)8-14(10)3/h7-8H,4-6,13H2,1-3H3. The van der Waals surface area contributed by atoms with Crippen LogP contribution in [0.3, 0.4) is 0 Å². The smallest absolute Gasteiger partial charge is 0.270 e. The Morgan fingerprint density at radius 1 is 1.50 bits per heavy atom. The number of carbonyl (C=O) groups excluding carboxylic acids is 1. The van der Waals surface area contributed by atoms with E-state index in [9.17, 15) is 4.79 Å². The van der Waals surface area contributed by atoms with Crippen LogP contribution in [0.2, 0.25) is 0 Å². The lowest BCUT2D eigenvalue weighted by Crippen LogP contribution is -2.43. The van der Waals surface area contributed by atoms with Crippen LogP contribution >= 0.6 is 0 Å². The molecule has 0 bridgehead atoms. The van der Waals surface area contributed by atoms with Gasteiger partial charge in [0, 0.05) is 25.3 Å². The van der Waals surface area contributed by atoms with E-state index >= 15 is 0 Å². The van der Waals surface area contributed by atoms with Crippen molar-refractivity contribution in [2.45, 2.75) is 32.2 Å². The molecule has 2 N–H and O–H groups in total. The zero-order valence-electron chi connectivity index (χ0n) is 10.2. The molecule has 0 aromatic carbocycles. The lowest BCUT2D eigenvalue weighted by atomic mass is 10.0. The molecule has 88 valence electrons. The van der Waals surface area contributed by atoms with Gasteiger partial charge in [-0.25, -0.2) is 0 Å². The topological polar surface area (TPSA) is 51.3 Å². The van der Waals surface area contributed by atoms with E-state index in [1.165, 1.54) is 0 Å². The summed E-state index contributed by atoms with van der Waals surface area (Å²) in [5.41, 5.74) is 6.98. The first-order valence-corrected chi connectivity index (χ1v) is 5.65. The van der Waals surface area contributed by atoms with Gasteiger partial charge in [0.25, 0.3) is 5.91 Å². The van der Waals surface area contributed by atoms with Crippen molar-refractivity contribution in [1.29, 1.82) is 0 Å². The maximum absolute atomic E-state index is 12.3. The quantitative estimate of drug-likeness (QED) is 0.783. The Labute approximate surface area is 96.0 Å². The monoisotopic (exact) mass is 221 g/mol. The lowest BCUT2D eigenvalue weighted by molar-refractivity contribution is 0.0642. The third-order valence-corrected chi connectivity index (χ3v) is 3.39. The lowest BCUT2D eigenvalue weighted by Gasteiger charge is -2.31. The van der Waals surface area contributed by atoms with Crippen LogP contribution in [0, 0.1) is 0 Å². The minimum atomic E-state index is -0.0316. The zero-order valence-corrected chi connectivity index (χ0v) is 10.2. The van der Waals surface area contributed by atoms with Crippen LogP contribution in [0.1, 0.15) is 37.2 Å². The minimum Gasteiger partial charge on any atom is -0.397 e. The van der Waals surface area contributed by atoms with Gasteiger partial charge in [-0.2, -0.15) is 0 Å². The molecule has 1 fully saturated rings. The van der Waals surface area contributed by atoms with Crippen molar-refractivity contribution in [2.24, 2.45) is 7.05 Å². The number of hydrogen-bond donors (Lipinski definition) is 1. The van der Waals surface area contributed by atoms with Gasteiger partial charge in [0.2, 0.25) is 0 Å². The molecule has 1 aromatic rings. The second kappa shape index (κ2) is 3.54. The molecule has 16 heavy (non-hydrogen) atoms. The highest BCUT2D eigenvalue weighted by Gasteiger charge is 2.36. The number of hydrogen-bond acceptors (Lipinski definition) is 2. The molecule has 1 aliphatic heterocycles. The van der Waals surface area contributed by atoms with Crippen LogP contribution in [-0.2, 0) is 7.05 Å². The summed E-state index contributed by atoms with van der Waals surface area (Å²) >= 11 is 0. The van der Waals surface area contributed by atoms with E-state index in [1.54, 1.807) is 16.8 Å². The third kappa shape index (κ3) is 1.68. The van der Waals surface area contributed by atoms with Gasteiger partial charge in [-0.15, -0.1) is 0 Å². The fourth-order valence-electron chi connectivity index (χ4n) is 2.42. The number of aromatic nitrogens is 1. The van der Waals surface area contributed by atoms with Crippen molar-refractivity contribution >= 4 is 11.6 Å². The van der Waals surface area contributed by atoms with Gasteiger partial charge in [-0.1, -0.05) is 0 Å². The summed E-state index contributed by atoms with van der Waals surface area (Å²) < 4.78 is 1.80. The molecule has 0 radical (unpaired) electrons. The summed E-state index contributed by atoms with van der Waals surface area (Å²) in [4.78, 5) is 14.3. The summed E-state index contributed by atoms with van der Waals surface area (Å²) in [5, 5.41) is 0. The predicted molar refractivity (Wildman–Crippen MR) is 64.2 cm³/mol. The normalized spacial score (nSPS) is 19.1. The number of aryl methyl sites for hydroxylation is 1. The summed E-state index contributed by atoms with van der Waals surface area (Å²) in [6.07, 6.45) is 3.92. The fourth-order valence-corrected chi connectivity index (χ4v) is 2.42. The number of amides is 1. The molecular formula is C12H19N3O. The van der Waals surface area contributed by atoms with E-state index in [0.717, 1.165) is 19.4 Å². The Kier molecular flexibility index (Phi) is 2.45. The highest BCUT2D eigenvalue weighted by molar-refractivity contribution is 5.94. The molecule has 0 saturated carbocycles. The van der Waals surface area contributed by atoms with Gasteiger partial charge in [-0.3, -0.25) is 4.79 Å². The number of carbonyl (C=O) groups is 1. The van der Waals surface area contributed by atoms with E-state index in [2.05, 4.69) is 13.8 Å². The van der Waals surface area contributed by atoms with Crippen LogP contribution in [0.5, 0.6) is 0 Å². The summed E-state index contributed by atoms with van der Waals surface area (Å²) in [6, 6.07) is 1.75. The summed E-state index contributed by atoms with van der Waals surface area (Å²) in [5.74, 6) is 0.0849. The van der Waals surface area contributed by atoms with E-state index in [4.69, 9.17) is 5.73 Å². The first kappa shape index (κ1) is 11.0. The average molecular weight is 221 g/mol. The molecule has 2 rings (SSSR count). The Hall–Kier alpha value is -1.45. The Morgan fingerprint density at radius 3 is 2.62 bits per heavy atom. The summed E-state index contributed by atoms with van der Waals surface area (Å²) in [7, 11) is 1.85. The minimum absolute atomic E-state index is 0.0316. The van der Waals surface area contributed by atoms with Crippen molar-refractivity contribution < 1.29 is 4.79 Å². The largest absolute Gasteiger partial charge is 0.397 e. The van der Waals surface area contributed by atoms with Crippen LogP contribution in [0.15, 0.2) is 12.3 Å². The van der Waals surface area contributed by atoms with E-state index in [-0.39, 0.29) is 11.4 Å². The maximum Gasteiger partial charge on any atom is 0.270 e. The Balaban J connectivity index is 2.29. The molecule has 4 nitrogen and oxygen atoms in total. The Bertz CT molecular complexity index is 420. The summed E-state index contributed by atoms with van der Waals surface area (Å²) in [6.45, 7) is 5.07. The second-order valence-corrected chi connectivity index (χ2v) is 5.14. The molecule has 1 saturated heterocycles. The van der Waals surface area contributed by atoms with Crippen molar-refractivity contribution in [2.75, 3.05) is 12.3 Å². The third-order valence-electron chi connectivity index (χ3n) is 3.39. The first-order chi connectivity index (χ1) is 7.42. The molecule has 0 unspecified atom stereocenters. The second-order valence-electron chi connectivity index (χ2n) is 5.14. The van der Waals surface area contributed by atoms with Gasteiger partial charge < -0.3 is 15.2 Å². The van der Waals surface area contributed by atoms with Crippen LogP contribution in [0.4, 0.5) is 5.69 Å². The highest BCUT2D eigenvalue weighted by atomic mass is 16.2. The Morgan fingerprint density at radius 2 is 2.19 bits per heavy atom. The van der Waals surface area contributed by atoms with Crippen molar-refractivity contribution in [3.05, 3.63) is 18.0 Å². The fraction of sp³-hybridized carbons (Fsp3) is 0.583. The molecule has 1 aliphatic rings. The van der Waals surface area contributed by atoms with E-state index < -0.39 is 0 Å². The number of rotatable bonds is 1. The van der Waals surface area contributed by atoms with Crippen molar-refractivity contribution in [3.8, 4) is 0 Å². The molecule has 0 spiro atoms. The maximum atomic E-state index is 12.3. The number of nitrogens with zero attached hydrogens (tertiary/aromatic N) is 2.